The Balaban J connectivity index is 1.79. The highest BCUT2D eigenvalue weighted by Gasteiger charge is 2.26. The van der Waals surface area contributed by atoms with Gasteiger partial charge in [0.25, 0.3) is 11.7 Å². The van der Waals surface area contributed by atoms with Gasteiger partial charge in [0.15, 0.2) is 0 Å². The van der Waals surface area contributed by atoms with Gasteiger partial charge in [0.05, 0.1) is 0 Å². The number of ether oxygens (including phenoxy) is 1. The summed E-state index contributed by atoms with van der Waals surface area (Å²) in [4.78, 5) is 24.9. The first-order valence-corrected chi connectivity index (χ1v) is 6.01. The van der Waals surface area contributed by atoms with Gasteiger partial charge in [-0.15, -0.1) is 10.2 Å². The molecular formula is C10H16N6O3. The molecule has 2 heterocycles. The van der Waals surface area contributed by atoms with Gasteiger partial charge in [-0.05, 0) is 18.1 Å². The zero-order chi connectivity index (χ0) is 13.7. The molecule has 1 saturated heterocycles. The molecule has 0 bridgehead atoms. The normalized spacial score (nSPS) is 16.4. The molecule has 1 aromatic heterocycles. The number of tetrazole rings is 1. The minimum absolute atomic E-state index is 0.0575. The van der Waals surface area contributed by atoms with Gasteiger partial charge in [0.1, 0.15) is 6.61 Å². The summed E-state index contributed by atoms with van der Waals surface area (Å²) in [6, 6.07) is 0.0805. The summed E-state index contributed by atoms with van der Waals surface area (Å²) < 4.78 is 4.75. The SMILES string of the molecule is COCC(=O)NC1CCN(C(=O)c2nn[nH]n2)CC1. The number of methoxy groups -OCH3 is 1. The van der Waals surface area contributed by atoms with Crippen LogP contribution in [0, 0.1) is 0 Å². The smallest absolute Gasteiger partial charge is 0.295 e. The van der Waals surface area contributed by atoms with Crippen molar-refractivity contribution in [2.24, 2.45) is 0 Å². The predicted octanol–water partition coefficient (Wildman–Crippen LogP) is -1.43. The fourth-order valence-corrected chi connectivity index (χ4v) is 2.02. The van der Waals surface area contributed by atoms with Gasteiger partial charge < -0.3 is 15.0 Å². The second-order valence-electron chi connectivity index (χ2n) is 4.30. The van der Waals surface area contributed by atoms with E-state index in [0.29, 0.717) is 25.9 Å². The summed E-state index contributed by atoms with van der Waals surface area (Å²) in [5.74, 6) is -0.303. The van der Waals surface area contributed by atoms with Crippen LogP contribution in [0.5, 0.6) is 0 Å². The third kappa shape index (κ3) is 3.47. The molecule has 9 nitrogen and oxygen atoms in total. The number of carbonyl (C=O) groups is 2. The molecule has 0 radical (unpaired) electrons. The van der Waals surface area contributed by atoms with Crippen LogP contribution >= 0.6 is 0 Å². The topological polar surface area (TPSA) is 113 Å². The number of carbonyl (C=O) groups excluding carboxylic acids is 2. The number of hydrogen-bond donors (Lipinski definition) is 2. The first-order chi connectivity index (χ1) is 9.20. The molecule has 1 aromatic rings. The molecule has 104 valence electrons. The highest BCUT2D eigenvalue weighted by atomic mass is 16.5. The van der Waals surface area contributed by atoms with Crippen LogP contribution in [0.1, 0.15) is 23.5 Å². The van der Waals surface area contributed by atoms with Crippen LogP contribution in [0.3, 0.4) is 0 Å². The van der Waals surface area contributed by atoms with E-state index in [2.05, 4.69) is 25.9 Å². The first-order valence-electron chi connectivity index (χ1n) is 6.01. The van der Waals surface area contributed by atoms with Crippen molar-refractivity contribution in [3.05, 3.63) is 5.82 Å². The van der Waals surface area contributed by atoms with Crippen molar-refractivity contribution in [1.82, 2.24) is 30.8 Å². The molecule has 2 N–H and O–H groups in total. The molecule has 2 rings (SSSR count). The van der Waals surface area contributed by atoms with Gasteiger partial charge in [-0.2, -0.15) is 5.21 Å². The van der Waals surface area contributed by atoms with Gasteiger partial charge in [-0.25, -0.2) is 0 Å². The highest BCUT2D eigenvalue weighted by Crippen LogP contribution is 2.12. The quantitative estimate of drug-likeness (QED) is 0.692. The summed E-state index contributed by atoms with van der Waals surface area (Å²) >= 11 is 0. The number of amides is 2. The number of hydrogen-bond acceptors (Lipinski definition) is 6. The lowest BCUT2D eigenvalue weighted by Gasteiger charge is -2.31. The third-order valence-electron chi connectivity index (χ3n) is 2.96. The third-order valence-corrected chi connectivity index (χ3v) is 2.96. The van der Waals surface area contributed by atoms with E-state index in [1.807, 2.05) is 0 Å². The number of likely N-dealkylation sites (tertiary alicyclic amines) is 1. The summed E-state index contributed by atoms with van der Waals surface area (Å²) in [7, 11) is 1.48. The Morgan fingerprint density at radius 3 is 2.79 bits per heavy atom. The van der Waals surface area contributed by atoms with Crippen LogP contribution in [0.15, 0.2) is 0 Å². The second-order valence-corrected chi connectivity index (χ2v) is 4.30. The molecule has 0 unspecified atom stereocenters. The fourth-order valence-electron chi connectivity index (χ4n) is 2.02. The van der Waals surface area contributed by atoms with Crippen LogP contribution < -0.4 is 5.32 Å². The van der Waals surface area contributed by atoms with Crippen LogP contribution in [0.4, 0.5) is 0 Å². The van der Waals surface area contributed by atoms with E-state index in [-0.39, 0.29) is 30.3 Å². The monoisotopic (exact) mass is 268 g/mol. The Kier molecular flexibility index (Phi) is 4.39. The minimum Gasteiger partial charge on any atom is -0.375 e. The molecule has 2 amide bonds. The maximum atomic E-state index is 11.9. The Hall–Kier alpha value is -2.03. The Morgan fingerprint density at radius 2 is 2.21 bits per heavy atom. The van der Waals surface area contributed by atoms with Crippen LogP contribution in [-0.4, -0.2) is 70.2 Å². The summed E-state index contributed by atoms with van der Waals surface area (Å²) in [6.07, 6.45) is 1.41. The summed E-state index contributed by atoms with van der Waals surface area (Å²) in [5.41, 5.74) is 0. The fraction of sp³-hybridized carbons (Fsp3) is 0.700. The van der Waals surface area contributed by atoms with E-state index in [4.69, 9.17) is 4.74 Å². The molecule has 0 saturated carbocycles. The molecule has 9 heteroatoms. The average Bonchev–Trinajstić information content (AvgIpc) is 2.93. The summed E-state index contributed by atoms with van der Waals surface area (Å²) in [5, 5.41) is 15.8. The van der Waals surface area contributed by atoms with E-state index < -0.39 is 0 Å². The first kappa shape index (κ1) is 13.4. The van der Waals surface area contributed by atoms with E-state index in [1.165, 1.54) is 7.11 Å². The Bertz CT molecular complexity index is 426. The predicted molar refractivity (Wildman–Crippen MR) is 63.1 cm³/mol. The Morgan fingerprint density at radius 1 is 1.47 bits per heavy atom. The molecule has 1 aliphatic rings. The van der Waals surface area contributed by atoms with Gasteiger partial charge in [-0.3, -0.25) is 9.59 Å². The van der Waals surface area contributed by atoms with Crippen molar-refractivity contribution in [3.63, 3.8) is 0 Å². The lowest BCUT2D eigenvalue weighted by atomic mass is 10.0. The molecule has 0 aromatic carbocycles. The maximum Gasteiger partial charge on any atom is 0.295 e. The van der Waals surface area contributed by atoms with Crippen molar-refractivity contribution in [2.75, 3.05) is 26.8 Å². The van der Waals surface area contributed by atoms with E-state index in [0.717, 1.165) is 0 Å². The van der Waals surface area contributed by atoms with Gasteiger partial charge in [0.2, 0.25) is 5.91 Å². The lowest BCUT2D eigenvalue weighted by Crippen LogP contribution is -2.47. The van der Waals surface area contributed by atoms with E-state index >= 15 is 0 Å². The molecular weight excluding hydrogens is 252 g/mol. The van der Waals surface area contributed by atoms with E-state index in [9.17, 15) is 9.59 Å². The summed E-state index contributed by atoms with van der Waals surface area (Å²) in [6.45, 7) is 1.18. The number of H-pyrrole nitrogens is 1. The number of nitrogens with zero attached hydrogens (tertiary/aromatic N) is 4. The number of aromatic nitrogens is 4. The largest absolute Gasteiger partial charge is 0.375 e. The van der Waals surface area contributed by atoms with Crippen molar-refractivity contribution < 1.29 is 14.3 Å². The molecule has 1 fully saturated rings. The number of piperidine rings is 1. The van der Waals surface area contributed by atoms with Crippen molar-refractivity contribution >= 4 is 11.8 Å². The van der Waals surface area contributed by atoms with Crippen LogP contribution in [-0.2, 0) is 9.53 Å². The second kappa shape index (κ2) is 6.23. The number of aromatic amines is 1. The number of nitrogens with one attached hydrogen (secondary N) is 2. The maximum absolute atomic E-state index is 11.9. The van der Waals surface area contributed by atoms with Crippen molar-refractivity contribution in [3.8, 4) is 0 Å². The molecule has 0 spiro atoms. The van der Waals surface area contributed by atoms with Crippen molar-refractivity contribution in [2.45, 2.75) is 18.9 Å². The zero-order valence-electron chi connectivity index (χ0n) is 10.6. The standard InChI is InChI=1S/C10H16N6O3/c1-19-6-8(17)11-7-2-4-16(5-3-7)10(18)9-12-14-15-13-9/h7H,2-6H2,1H3,(H,11,17)(H,12,13,14,15). The Labute approximate surface area is 109 Å². The van der Waals surface area contributed by atoms with Crippen LogP contribution in [0.25, 0.3) is 0 Å². The zero-order valence-corrected chi connectivity index (χ0v) is 10.6. The van der Waals surface area contributed by atoms with Gasteiger partial charge in [-0.1, -0.05) is 0 Å². The van der Waals surface area contributed by atoms with Crippen LogP contribution in [0.2, 0.25) is 0 Å². The van der Waals surface area contributed by atoms with E-state index in [1.54, 1.807) is 4.90 Å². The molecule has 0 aliphatic carbocycles. The van der Waals surface area contributed by atoms with Gasteiger partial charge in [0, 0.05) is 26.2 Å². The van der Waals surface area contributed by atoms with Gasteiger partial charge >= 0.3 is 0 Å². The molecule has 0 atom stereocenters. The highest BCUT2D eigenvalue weighted by molar-refractivity contribution is 5.90. The molecule has 19 heavy (non-hydrogen) atoms. The minimum atomic E-state index is -0.240. The average molecular weight is 268 g/mol. The number of rotatable bonds is 4. The van der Waals surface area contributed by atoms with Crippen molar-refractivity contribution in [1.29, 1.82) is 0 Å². The lowest BCUT2D eigenvalue weighted by molar-refractivity contribution is -0.125. The molecule has 1 aliphatic heterocycles.